The number of benzene rings is 12. The molecule has 0 saturated carbocycles. The molecule has 0 heterocycles. The van der Waals surface area contributed by atoms with Crippen molar-refractivity contribution in [1.29, 1.82) is 0 Å². The van der Waals surface area contributed by atoms with E-state index in [4.69, 9.17) is 0 Å². The molecule has 0 aliphatic heterocycles. The summed E-state index contributed by atoms with van der Waals surface area (Å²) >= 11 is 0. The van der Waals surface area contributed by atoms with Gasteiger partial charge in [0.05, 0.1) is 0 Å². The first kappa shape index (κ1) is 46.1. The predicted molar refractivity (Wildman–Crippen MR) is 318 cm³/mol. The Hall–Kier alpha value is -9.96. The zero-order valence-corrected chi connectivity index (χ0v) is 41.4. The topological polar surface area (TPSA) is 9.72 Å². The van der Waals surface area contributed by atoms with Crippen molar-refractivity contribution in [2.24, 2.45) is 0 Å². The molecular formula is C72H53N3. The third-order valence-corrected chi connectivity index (χ3v) is 13.9. The molecule has 3 heteroatoms. The van der Waals surface area contributed by atoms with Crippen LogP contribution in [0.15, 0.2) is 322 Å². The lowest BCUT2D eigenvalue weighted by atomic mass is 9.99. The molecule has 0 atom stereocenters. The molecule has 12 aromatic carbocycles. The fraction of sp³-hybridized carbons (Fsp3) is 0. The lowest BCUT2D eigenvalue weighted by Crippen LogP contribution is -2.09. The number of anilines is 9. The number of para-hydroxylation sites is 3. The van der Waals surface area contributed by atoms with E-state index >= 15 is 0 Å². The molecule has 3 nitrogen and oxygen atoms in total. The molecular weight excluding hydrogens is 907 g/mol. The fourth-order valence-corrected chi connectivity index (χ4v) is 10.0. The van der Waals surface area contributed by atoms with Crippen LogP contribution in [0.25, 0.3) is 55.6 Å². The first-order valence-electron chi connectivity index (χ1n) is 25.6. The number of nitrogens with zero attached hydrogens (tertiary/aromatic N) is 3. The standard InChI is InChI=1S/C72H53N3/c1-6-16-54(17-7-1)58-30-42-70(43-31-58)75(71-44-32-59(33-45-71)55-18-8-2-9-19-55)72-52-36-61(37-53-72)57-28-26-56(27-29-57)60-34-48-68(49-35-60)74(66-24-14-5-15-25-66)69-50-40-63(41-51-69)62-38-46-67(47-39-62)73(64-20-10-3-11-21-64)65-22-12-4-13-23-65/h1-53H. The molecule has 75 heavy (non-hydrogen) atoms. The van der Waals surface area contributed by atoms with Gasteiger partial charge in [-0.1, -0.05) is 212 Å². The van der Waals surface area contributed by atoms with Crippen LogP contribution in [0.1, 0.15) is 0 Å². The summed E-state index contributed by atoms with van der Waals surface area (Å²) in [6.45, 7) is 0. The molecule has 0 unspecified atom stereocenters. The first-order chi connectivity index (χ1) is 37.2. The van der Waals surface area contributed by atoms with Crippen molar-refractivity contribution in [3.05, 3.63) is 322 Å². The van der Waals surface area contributed by atoms with Gasteiger partial charge in [0.25, 0.3) is 0 Å². The second-order valence-corrected chi connectivity index (χ2v) is 18.6. The molecule has 0 bridgehead atoms. The van der Waals surface area contributed by atoms with Gasteiger partial charge in [-0.2, -0.15) is 0 Å². The Labute approximate surface area is 440 Å². The maximum Gasteiger partial charge on any atom is 0.0462 e. The second kappa shape index (κ2) is 21.4. The summed E-state index contributed by atoms with van der Waals surface area (Å²) in [6.07, 6.45) is 0. The van der Waals surface area contributed by atoms with Crippen LogP contribution in [0.4, 0.5) is 51.2 Å². The van der Waals surface area contributed by atoms with Crippen LogP contribution in [-0.4, -0.2) is 0 Å². The molecule has 0 aliphatic carbocycles. The predicted octanol–water partition coefficient (Wildman–Crippen LogP) is 20.4. The van der Waals surface area contributed by atoms with Gasteiger partial charge < -0.3 is 14.7 Å². The van der Waals surface area contributed by atoms with E-state index in [0.29, 0.717) is 0 Å². The van der Waals surface area contributed by atoms with Gasteiger partial charge in [-0.25, -0.2) is 0 Å². The Morgan fingerprint density at radius 1 is 0.107 bits per heavy atom. The highest BCUT2D eigenvalue weighted by atomic mass is 15.2. The highest BCUT2D eigenvalue weighted by molar-refractivity contribution is 5.84. The van der Waals surface area contributed by atoms with Gasteiger partial charge in [0.1, 0.15) is 0 Å². The van der Waals surface area contributed by atoms with E-state index < -0.39 is 0 Å². The summed E-state index contributed by atoms with van der Waals surface area (Å²) < 4.78 is 0. The Morgan fingerprint density at radius 3 is 0.400 bits per heavy atom. The zero-order valence-electron chi connectivity index (χ0n) is 41.4. The molecule has 0 radical (unpaired) electrons. The average Bonchev–Trinajstić information content (AvgIpc) is 3.50. The van der Waals surface area contributed by atoms with Crippen molar-refractivity contribution in [2.75, 3.05) is 14.7 Å². The minimum absolute atomic E-state index is 1.09. The molecule has 12 rings (SSSR count). The zero-order chi connectivity index (χ0) is 50.2. The Kier molecular flexibility index (Phi) is 13.2. The van der Waals surface area contributed by atoms with Gasteiger partial charge in [0.15, 0.2) is 0 Å². The first-order valence-corrected chi connectivity index (χ1v) is 25.6. The molecule has 0 fully saturated rings. The van der Waals surface area contributed by atoms with Crippen LogP contribution in [0.2, 0.25) is 0 Å². The highest BCUT2D eigenvalue weighted by Gasteiger charge is 2.17. The average molecular weight is 960 g/mol. The van der Waals surface area contributed by atoms with Crippen molar-refractivity contribution in [1.82, 2.24) is 0 Å². The fourth-order valence-electron chi connectivity index (χ4n) is 10.0. The quantitative estimate of drug-likeness (QED) is 0.108. The van der Waals surface area contributed by atoms with E-state index in [1.54, 1.807) is 0 Å². The van der Waals surface area contributed by atoms with Crippen LogP contribution in [0.3, 0.4) is 0 Å². The molecule has 0 aliphatic rings. The lowest BCUT2D eigenvalue weighted by Gasteiger charge is -2.26. The lowest BCUT2D eigenvalue weighted by molar-refractivity contribution is 1.28. The van der Waals surface area contributed by atoms with Crippen molar-refractivity contribution in [3.63, 3.8) is 0 Å². The summed E-state index contributed by atoms with van der Waals surface area (Å²) in [5, 5.41) is 0. The van der Waals surface area contributed by atoms with Crippen molar-refractivity contribution >= 4 is 51.2 Å². The third kappa shape index (κ3) is 10.1. The van der Waals surface area contributed by atoms with E-state index in [2.05, 4.69) is 336 Å². The van der Waals surface area contributed by atoms with Crippen LogP contribution < -0.4 is 14.7 Å². The minimum atomic E-state index is 1.09. The molecule has 0 N–H and O–H groups in total. The Bertz CT molecular complexity index is 3600. The van der Waals surface area contributed by atoms with Gasteiger partial charge in [-0.15, -0.1) is 0 Å². The van der Waals surface area contributed by atoms with Crippen LogP contribution in [-0.2, 0) is 0 Å². The van der Waals surface area contributed by atoms with Gasteiger partial charge in [-0.3, -0.25) is 0 Å². The summed E-state index contributed by atoms with van der Waals surface area (Å²) in [5.41, 5.74) is 21.7. The van der Waals surface area contributed by atoms with Crippen LogP contribution in [0.5, 0.6) is 0 Å². The van der Waals surface area contributed by atoms with Crippen molar-refractivity contribution < 1.29 is 0 Å². The number of hydrogen-bond acceptors (Lipinski definition) is 3. The van der Waals surface area contributed by atoms with Crippen LogP contribution in [0, 0.1) is 0 Å². The van der Waals surface area contributed by atoms with Crippen molar-refractivity contribution in [2.45, 2.75) is 0 Å². The smallest absolute Gasteiger partial charge is 0.0462 e. The Morgan fingerprint density at radius 2 is 0.227 bits per heavy atom. The summed E-state index contributed by atoms with van der Waals surface area (Å²) in [7, 11) is 0. The van der Waals surface area contributed by atoms with E-state index in [1.807, 2.05) is 0 Å². The summed E-state index contributed by atoms with van der Waals surface area (Å²) in [6, 6.07) is 115. The van der Waals surface area contributed by atoms with Crippen LogP contribution >= 0.6 is 0 Å². The molecule has 0 spiro atoms. The van der Waals surface area contributed by atoms with Crippen molar-refractivity contribution in [3.8, 4) is 55.6 Å². The molecule has 0 saturated heterocycles. The second-order valence-electron chi connectivity index (χ2n) is 18.6. The monoisotopic (exact) mass is 959 g/mol. The number of rotatable bonds is 14. The maximum atomic E-state index is 2.33. The SMILES string of the molecule is c1ccc(-c2ccc(N(c3ccc(-c4ccccc4)cc3)c3ccc(-c4ccc(-c5ccc(N(c6ccccc6)c6ccc(-c7ccc(N(c8ccccc8)c8ccccc8)cc7)cc6)cc5)cc4)cc3)cc2)cc1. The van der Waals surface area contributed by atoms with Gasteiger partial charge >= 0.3 is 0 Å². The van der Waals surface area contributed by atoms with E-state index in [-0.39, 0.29) is 0 Å². The Balaban J connectivity index is 0.769. The largest absolute Gasteiger partial charge is 0.311 e. The normalized spacial score (nSPS) is 10.9. The van der Waals surface area contributed by atoms with Gasteiger partial charge in [-0.05, 0) is 165 Å². The van der Waals surface area contributed by atoms with E-state index in [1.165, 1.54) is 44.5 Å². The third-order valence-electron chi connectivity index (χ3n) is 13.9. The highest BCUT2D eigenvalue weighted by Crippen LogP contribution is 2.41. The van der Waals surface area contributed by atoms with Gasteiger partial charge in [0, 0.05) is 51.2 Å². The summed E-state index contributed by atoms with van der Waals surface area (Å²) in [4.78, 5) is 6.95. The maximum absolute atomic E-state index is 2.33. The molecule has 356 valence electrons. The minimum Gasteiger partial charge on any atom is -0.311 e. The van der Waals surface area contributed by atoms with Gasteiger partial charge in [0.2, 0.25) is 0 Å². The van der Waals surface area contributed by atoms with E-state index in [9.17, 15) is 0 Å². The molecule has 0 aromatic heterocycles. The summed E-state index contributed by atoms with van der Waals surface area (Å²) in [5.74, 6) is 0. The number of hydrogen-bond donors (Lipinski definition) is 0. The molecule has 0 amide bonds. The molecule has 12 aromatic rings. The van der Waals surface area contributed by atoms with E-state index in [0.717, 1.165) is 62.3 Å².